The lowest BCUT2D eigenvalue weighted by atomic mass is 10.1. The second kappa shape index (κ2) is 4.51. The molecule has 0 aliphatic heterocycles. The maximum atomic E-state index is 5.24. The summed E-state index contributed by atoms with van der Waals surface area (Å²) in [4.78, 5) is 0. The van der Waals surface area contributed by atoms with Crippen LogP contribution < -0.4 is 0 Å². The quantitative estimate of drug-likeness (QED) is 0.637. The number of hydrogen-bond donors (Lipinski definition) is 0. The first-order valence-corrected chi connectivity index (χ1v) is 4.28. The summed E-state index contributed by atoms with van der Waals surface area (Å²) in [5.74, 6) is 0.679. The van der Waals surface area contributed by atoms with Gasteiger partial charge in [0.1, 0.15) is 5.76 Å². The van der Waals surface area contributed by atoms with Crippen molar-refractivity contribution in [3.8, 4) is 0 Å². The lowest BCUT2D eigenvalue weighted by Crippen LogP contribution is -1.84. The predicted molar refractivity (Wildman–Crippen MR) is 56.1 cm³/mol. The lowest BCUT2D eigenvalue weighted by Gasteiger charge is -2.04. The maximum absolute atomic E-state index is 5.24. The van der Waals surface area contributed by atoms with Crippen LogP contribution in [0.25, 0.3) is 5.76 Å². The highest BCUT2D eigenvalue weighted by molar-refractivity contribution is 5.57. The van der Waals surface area contributed by atoms with Gasteiger partial charge in [-0.2, -0.15) is 0 Å². The standard InChI is InChI=1S/C12H14O/c1-4-9-13-11(3)12-7-5-10(2)6-8-12/h4-9H,3H2,1-2H3. The summed E-state index contributed by atoms with van der Waals surface area (Å²) < 4.78 is 5.24. The molecule has 1 aromatic carbocycles. The molecular weight excluding hydrogens is 160 g/mol. The van der Waals surface area contributed by atoms with Crippen LogP contribution in [0.5, 0.6) is 0 Å². The van der Waals surface area contributed by atoms with Crippen molar-refractivity contribution in [2.45, 2.75) is 13.8 Å². The van der Waals surface area contributed by atoms with Gasteiger partial charge in [-0.25, -0.2) is 0 Å². The van der Waals surface area contributed by atoms with Crippen molar-refractivity contribution in [2.75, 3.05) is 0 Å². The Kier molecular flexibility index (Phi) is 3.32. The summed E-state index contributed by atoms with van der Waals surface area (Å²) in [6.07, 6.45) is 3.46. The van der Waals surface area contributed by atoms with Crippen molar-refractivity contribution in [3.05, 3.63) is 54.3 Å². The van der Waals surface area contributed by atoms with Gasteiger partial charge < -0.3 is 4.74 Å². The van der Waals surface area contributed by atoms with E-state index in [9.17, 15) is 0 Å². The van der Waals surface area contributed by atoms with Crippen LogP contribution in [0.1, 0.15) is 18.1 Å². The van der Waals surface area contributed by atoms with Crippen LogP contribution >= 0.6 is 0 Å². The van der Waals surface area contributed by atoms with Crippen LogP contribution in [0, 0.1) is 6.92 Å². The second-order valence-corrected chi connectivity index (χ2v) is 2.88. The van der Waals surface area contributed by atoms with Crippen molar-refractivity contribution in [1.82, 2.24) is 0 Å². The Morgan fingerprint density at radius 1 is 1.31 bits per heavy atom. The summed E-state index contributed by atoms with van der Waals surface area (Å²) in [5, 5.41) is 0. The summed E-state index contributed by atoms with van der Waals surface area (Å²) in [6, 6.07) is 8.08. The molecular formula is C12H14O. The van der Waals surface area contributed by atoms with E-state index < -0.39 is 0 Å². The van der Waals surface area contributed by atoms with Gasteiger partial charge in [0.25, 0.3) is 0 Å². The third-order valence-corrected chi connectivity index (χ3v) is 1.72. The Hall–Kier alpha value is -1.50. The van der Waals surface area contributed by atoms with E-state index in [0.717, 1.165) is 5.56 Å². The first-order chi connectivity index (χ1) is 6.24. The number of ether oxygens (including phenoxy) is 1. The second-order valence-electron chi connectivity index (χ2n) is 2.88. The fraction of sp³-hybridized carbons (Fsp3) is 0.167. The van der Waals surface area contributed by atoms with Gasteiger partial charge in [-0.3, -0.25) is 0 Å². The monoisotopic (exact) mass is 174 g/mol. The molecule has 0 spiro atoms. The molecule has 0 unspecified atom stereocenters. The predicted octanol–water partition coefficient (Wildman–Crippen LogP) is 3.52. The van der Waals surface area contributed by atoms with Gasteiger partial charge in [0, 0.05) is 5.56 Å². The molecule has 0 aliphatic rings. The van der Waals surface area contributed by atoms with Crippen LogP contribution in [0.4, 0.5) is 0 Å². The van der Waals surface area contributed by atoms with Gasteiger partial charge in [0.05, 0.1) is 6.26 Å². The van der Waals surface area contributed by atoms with Crippen LogP contribution in [-0.2, 0) is 4.74 Å². The number of allylic oxidation sites excluding steroid dienone is 1. The van der Waals surface area contributed by atoms with Crippen molar-refractivity contribution in [3.63, 3.8) is 0 Å². The van der Waals surface area contributed by atoms with E-state index in [4.69, 9.17) is 4.74 Å². The van der Waals surface area contributed by atoms with E-state index in [1.54, 1.807) is 6.26 Å². The molecule has 0 saturated carbocycles. The minimum Gasteiger partial charge on any atom is -0.465 e. The Morgan fingerprint density at radius 3 is 2.46 bits per heavy atom. The normalized spacial score (nSPS) is 10.3. The smallest absolute Gasteiger partial charge is 0.126 e. The molecule has 0 amide bonds. The number of hydrogen-bond acceptors (Lipinski definition) is 1. The minimum atomic E-state index is 0.679. The van der Waals surface area contributed by atoms with E-state index >= 15 is 0 Å². The highest BCUT2D eigenvalue weighted by Crippen LogP contribution is 2.14. The molecule has 0 aliphatic carbocycles. The van der Waals surface area contributed by atoms with E-state index in [1.807, 2.05) is 37.3 Å². The lowest BCUT2D eigenvalue weighted by molar-refractivity contribution is 0.437. The SMILES string of the molecule is C=C(OC=CC)c1ccc(C)cc1. The summed E-state index contributed by atoms with van der Waals surface area (Å²) in [5.41, 5.74) is 2.26. The zero-order valence-corrected chi connectivity index (χ0v) is 8.08. The number of rotatable bonds is 3. The van der Waals surface area contributed by atoms with Gasteiger partial charge in [-0.1, -0.05) is 42.5 Å². The Morgan fingerprint density at radius 2 is 1.92 bits per heavy atom. The van der Waals surface area contributed by atoms with Crippen LogP contribution in [0.3, 0.4) is 0 Å². The van der Waals surface area contributed by atoms with Gasteiger partial charge >= 0.3 is 0 Å². The van der Waals surface area contributed by atoms with Crippen molar-refractivity contribution < 1.29 is 4.74 Å². The molecule has 0 aromatic heterocycles. The molecule has 0 radical (unpaired) electrons. The van der Waals surface area contributed by atoms with Crippen LogP contribution in [0.15, 0.2) is 43.2 Å². The topological polar surface area (TPSA) is 9.23 Å². The van der Waals surface area contributed by atoms with Crippen molar-refractivity contribution in [2.24, 2.45) is 0 Å². The number of benzene rings is 1. The molecule has 0 heterocycles. The Bertz CT molecular complexity index is 306. The summed E-state index contributed by atoms with van der Waals surface area (Å²) in [7, 11) is 0. The highest BCUT2D eigenvalue weighted by atomic mass is 16.5. The van der Waals surface area contributed by atoms with Crippen LogP contribution in [0.2, 0.25) is 0 Å². The van der Waals surface area contributed by atoms with E-state index in [-0.39, 0.29) is 0 Å². The summed E-state index contributed by atoms with van der Waals surface area (Å²) in [6.45, 7) is 7.78. The molecule has 68 valence electrons. The van der Waals surface area contributed by atoms with Gasteiger partial charge in [-0.15, -0.1) is 0 Å². The molecule has 1 heteroatoms. The highest BCUT2D eigenvalue weighted by Gasteiger charge is 1.96. The molecule has 1 nitrogen and oxygen atoms in total. The van der Waals surface area contributed by atoms with Crippen LogP contribution in [-0.4, -0.2) is 0 Å². The first kappa shape index (κ1) is 9.59. The third-order valence-electron chi connectivity index (χ3n) is 1.72. The molecule has 1 aromatic rings. The van der Waals surface area contributed by atoms with Gasteiger partial charge in [-0.05, 0) is 13.8 Å². The average Bonchev–Trinajstić information content (AvgIpc) is 2.15. The van der Waals surface area contributed by atoms with Gasteiger partial charge in [0.15, 0.2) is 0 Å². The molecule has 0 saturated heterocycles. The average molecular weight is 174 g/mol. The number of aryl methyl sites for hydroxylation is 1. The zero-order valence-electron chi connectivity index (χ0n) is 8.08. The zero-order chi connectivity index (χ0) is 9.68. The molecule has 0 fully saturated rings. The maximum Gasteiger partial charge on any atom is 0.126 e. The van der Waals surface area contributed by atoms with E-state index in [0.29, 0.717) is 5.76 Å². The van der Waals surface area contributed by atoms with Crippen molar-refractivity contribution in [1.29, 1.82) is 0 Å². The third kappa shape index (κ3) is 2.79. The first-order valence-electron chi connectivity index (χ1n) is 4.28. The Balaban J connectivity index is 2.72. The largest absolute Gasteiger partial charge is 0.465 e. The molecule has 1 rings (SSSR count). The fourth-order valence-corrected chi connectivity index (χ4v) is 0.958. The van der Waals surface area contributed by atoms with Gasteiger partial charge in [0.2, 0.25) is 0 Å². The van der Waals surface area contributed by atoms with Crippen molar-refractivity contribution >= 4 is 5.76 Å². The fourth-order valence-electron chi connectivity index (χ4n) is 0.958. The molecule has 0 bridgehead atoms. The minimum absolute atomic E-state index is 0.679. The van der Waals surface area contributed by atoms with E-state index in [1.165, 1.54) is 5.56 Å². The molecule has 0 N–H and O–H groups in total. The van der Waals surface area contributed by atoms with E-state index in [2.05, 4.69) is 13.5 Å². The molecule has 13 heavy (non-hydrogen) atoms. The Labute approximate surface area is 79.4 Å². The molecule has 0 atom stereocenters. The summed E-state index contributed by atoms with van der Waals surface area (Å²) >= 11 is 0.